The summed E-state index contributed by atoms with van der Waals surface area (Å²) in [4.78, 5) is 27.0. The van der Waals surface area contributed by atoms with Crippen molar-refractivity contribution in [3.05, 3.63) is 59.7 Å². The summed E-state index contributed by atoms with van der Waals surface area (Å²) in [5.74, 6) is 0.288. The normalized spacial score (nSPS) is 11.5. The number of rotatable bonds is 11. The SMILES string of the molecule is CCC(C)Oc1ccc(C(=O)NC(=S)Nc2ccc(C(=O)NCCN(CC)CC)cc2)cc1. The number of ether oxygens (including phenoxy) is 1. The Labute approximate surface area is 201 Å². The standard InChI is InChI=1S/C25H34N4O3S/c1-5-18(4)32-22-14-10-20(11-15-22)24(31)28-25(33)27-21-12-8-19(9-13-21)23(30)26-16-17-29(6-2)7-3/h8-15,18H,5-7,16-17H2,1-4H3,(H,26,30)(H2,27,28,31,33). The lowest BCUT2D eigenvalue weighted by Gasteiger charge is -2.18. The molecule has 2 amide bonds. The van der Waals surface area contributed by atoms with Gasteiger partial charge in [-0.05, 0) is 87.2 Å². The Morgan fingerprint density at radius 2 is 1.52 bits per heavy atom. The van der Waals surface area contributed by atoms with Gasteiger partial charge in [-0.2, -0.15) is 0 Å². The molecule has 1 unspecified atom stereocenters. The first-order valence-electron chi connectivity index (χ1n) is 11.4. The molecule has 0 spiro atoms. The second-order valence-corrected chi connectivity index (χ2v) is 8.04. The van der Waals surface area contributed by atoms with E-state index in [1.54, 1.807) is 48.5 Å². The number of benzene rings is 2. The molecule has 8 heteroatoms. The van der Waals surface area contributed by atoms with Gasteiger partial charge >= 0.3 is 0 Å². The first-order valence-corrected chi connectivity index (χ1v) is 11.8. The number of nitrogens with zero attached hydrogens (tertiary/aromatic N) is 1. The zero-order chi connectivity index (χ0) is 24.2. The lowest BCUT2D eigenvalue weighted by Crippen LogP contribution is -2.35. The first-order chi connectivity index (χ1) is 15.9. The molecule has 0 saturated heterocycles. The van der Waals surface area contributed by atoms with E-state index in [2.05, 4.69) is 41.6 Å². The molecule has 0 saturated carbocycles. The van der Waals surface area contributed by atoms with Gasteiger partial charge in [0.05, 0.1) is 6.10 Å². The van der Waals surface area contributed by atoms with E-state index in [1.807, 2.05) is 6.92 Å². The number of hydrogen-bond acceptors (Lipinski definition) is 5. The summed E-state index contributed by atoms with van der Waals surface area (Å²) in [6, 6.07) is 13.9. The van der Waals surface area contributed by atoms with Crippen LogP contribution >= 0.6 is 12.2 Å². The Morgan fingerprint density at radius 3 is 2.09 bits per heavy atom. The lowest BCUT2D eigenvalue weighted by atomic mass is 10.2. The largest absolute Gasteiger partial charge is 0.491 e. The van der Waals surface area contributed by atoms with E-state index in [4.69, 9.17) is 17.0 Å². The Balaban J connectivity index is 1.82. The Bertz CT molecular complexity index is 912. The highest BCUT2D eigenvalue weighted by atomic mass is 32.1. The van der Waals surface area contributed by atoms with Gasteiger partial charge < -0.3 is 20.3 Å². The molecule has 1 atom stereocenters. The number of carbonyl (C=O) groups excluding carboxylic acids is 2. The van der Waals surface area contributed by atoms with Gasteiger partial charge in [-0.25, -0.2) is 0 Å². The molecule has 2 aromatic rings. The van der Waals surface area contributed by atoms with Crippen molar-refractivity contribution in [2.75, 3.05) is 31.5 Å². The van der Waals surface area contributed by atoms with Crippen LogP contribution in [0.2, 0.25) is 0 Å². The van der Waals surface area contributed by atoms with Crippen LogP contribution in [0.5, 0.6) is 5.75 Å². The summed E-state index contributed by atoms with van der Waals surface area (Å²) >= 11 is 5.25. The van der Waals surface area contributed by atoms with Gasteiger partial charge in [0.2, 0.25) is 0 Å². The molecular formula is C25H34N4O3S. The Hall–Kier alpha value is -2.97. The van der Waals surface area contributed by atoms with Crippen LogP contribution in [-0.2, 0) is 0 Å². The maximum absolute atomic E-state index is 12.4. The van der Waals surface area contributed by atoms with Crippen molar-refractivity contribution >= 4 is 34.8 Å². The van der Waals surface area contributed by atoms with Crippen molar-refractivity contribution in [3.63, 3.8) is 0 Å². The highest BCUT2D eigenvalue weighted by Crippen LogP contribution is 2.15. The third-order valence-electron chi connectivity index (χ3n) is 5.27. The van der Waals surface area contributed by atoms with E-state index in [-0.39, 0.29) is 23.0 Å². The molecule has 0 heterocycles. The van der Waals surface area contributed by atoms with E-state index >= 15 is 0 Å². The average molecular weight is 471 g/mol. The summed E-state index contributed by atoms with van der Waals surface area (Å²) in [5.41, 5.74) is 1.72. The van der Waals surface area contributed by atoms with Gasteiger partial charge in [0.15, 0.2) is 5.11 Å². The summed E-state index contributed by atoms with van der Waals surface area (Å²) in [6.07, 6.45) is 1.02. The van der Waals surface area contributed by atoms with Gasteiger partial charge in [0, 0.05) is 29.9 Å². The zero-order valence-electron chi connectivity index (χ0n) is 19.8. The van der Waals surface area contributed by atoms with Crippen LogP contribution < -0.4 is 20.7 Å². The van der Waals surface area contributed by atoms with Crippen molar-refractivity contribution in [2.24, 2.45) is 0 Å². The molecule has 3 N–H and O–H groups in total. The van der Waals surface area contributed by atoms with E-state index in [0.717, 1.165) is 31.8 Å². The van der Waals surface area contributed by atoms with Gasteiger partial charge in [-0.3, -0.25) is 14.9 Å². The molecule has 0 aliphatic rings. The minimum Gasteiger partial charge on any atom is -0.491 e. The molecular weight excluding hydrogens is 436 g/mol. The van der Waals surface area contributed by atoms with Crippen molar-refractivity contribution < 1.29 is 14.3 Å². The van der Waals surface area contributed by atoms with Gasteiger partial charge in [0.1, 0.15) is 5.75 Å². The van der Waals surface area contributed by atoms with Crippen molar-refractivity contribution in [1.82, 2.24) is 15.5 Å². The van der Waals surface area contributed by atoms with Crippen LogP contribution in [0.1, 0.15) is 54.8 Å². The quantitative estimate of drug-likeness (QED) is 0.430. The summed E-state index contributed by atoms with van der Waals surface area (Å²) in [7, 11) is 0. The van der Waals surface area contributed by atoms with Gasteiger partial charge in [0.25, 0.3) is 11.8 Å². The van der Waals surface area contributed by atoms with Crippen LogP contribution in [0.15, 0.2) is 48.5 Å². The summed E-state index contributed by atoms with van der Waals surface area (Å²) < 4.78 is 5.73. The highest BCUT2D eigenvalue weighted by molar-refractivity contribution is 7.80. The Morgan fingerprint density at radius 1 is 0.939 bits per heavy atom. The van der Waals surface area contributed by atoms with Crippen LogP contribution in [-0.4, -0.2) is 54.1 Å². The maximum Gasteiger partial charge on any atom is 0.257 e. The Kier molecular flexibility index (Phi) is 10.8. The molecule has 0 aliphatic carbocycles. The molecule has 33 heavy (non-hydrogen) atoms. The third kappa shape index (κ3) is 8.82. The smallest absolute Gasteiger partial charge is 0.257 e. The lowest BCUT2D eigenvalue weighted by molar-refractivity contribution is 0.0947. The van der Waals surface area contributed by atoms with E-state index in [9.17, 15) is 9.59 Å². The maximum atomic E-state index is 12.4. The number of nitrogens with one attached hydrogen (secondary N) is 3. The minimum atomic E-state index is -0.313. The fourth-order valence-corrected chi connectivity index (χ4v) is 3.22. The number of thiocarbonyl (C=S) groups is 1. The van der Waals surface area contributed by atoms with Crippen LogP contribution in [0.4, 0.5) is 5.69 Å². The fourth-order valence-electron chi connectivity index (χ4n) is 3.01. The van der Waals surface area contributed by atoms with Crippen molar-refractivity contribution in [2.45, 2.75) is 40.2 Å². The topological polar surface area (TPSA) is 82.7 Å². The second-order valence-electron chi connectivity index (χ2n) is 7.63. The number of anilines is 1. The van der Waals surface area contributed by atoms with Crippen molar-refractivity contribution in [3.8, 4) is 5.75 Å². The van der Waals surface area contributed by atoms with Gasteiger partial charge in [-0.1, -0.05) is 20.8 Å². The van der Waals surface area contributed by atoms with E-state index < -0.39 is 0 Å². The molecule has 7 nitrogen and oxygen atoms in total. The molecule has 0 aromatic heterocycles. The molecule has 0 radical (unpaired) electrons. The second kappa shape index (κ2) is 13.5. The van der Waals surface area contributed by atoms with Gasteiger partial charge in [-0.15, -0.1) is 0 Å². The number of hydrogen-bond donors (Lipinski definition) is 3. The molecule has 2 rings (SSSR count). The number of carbonyl (C=O) groups is 2. The average Bonchev–Trinajstić information content (AvgIpc) is 2.82. The number of amides is 2. The third-order valence-corrected chi connectivity index (χ3v) is 5.47. The molecule has 0 fully saturated rings. The van der Waals surface area contributed by atoms with Crippen LogP contribution in [0.25, 0.3) is 0 Å². The molecule has 178 valence electrons. The first kappa shape index (κ1) is 26.3. The van der Waals surface area contributed by atoms with E-state index in [0.29, 0.717) is 23.4 Å². The van der Waals surface area contributed by atoms with Crippen LogP contribution in [0, 0.1) is 0 Å². The molecule has 0 aliphatic heterocycles. The number of likely N-dealkylation sites (N-methyl/N-ethyl adjacent to an activating group) is 1. The van der Waals surface area contributed by atoms with Crippen LogP contribution in [0.3, 0.4) is 0 Å². The summed E-state index contributed by atoms with van der Waals surface area (Å²) in [5, 5.41) is 8.73. The summed E-state index contributed by atoms with van der Waals surface area (Å²) in [6.45, 7) is 11.6. The highest BCUT2D eigenvalue weighted by Gasteiger charge is 2.10. The van der Waals surface area contributed by atoms with Crippen molar-refractivity contribution in [1.29, 1.82) is 0 Å². The fraction of sp³-hybridized carbons (Fsp3) is 0.400. The predicted molar refractivity (Wildman–Crippen MR) is 137 cm³/mol. The minimum absolute atomic E-state index is 0.117. The molecule has 0 bridgehead atoms. The molecule has 2 aromatic carbocycles. The van der Waals surface area contributed by atoms with E-state index in [1.165, 1.54) is 0 Å². The monoisotopic (exact) mass is 470 g/mol. The predicted octanol–water partition coefficient (Wildman–Crippen LogP) is 4.06. The zero-order valence-corrected chi connectivity index (χ0v) is 20.6.